The molecule has 0 bridgehead atoms. The van der Waals surface area contributed by atoms with E-state index < -0.39 is 0 Å². The zero-order chi connectivity index (χ0) is 15.2. The fraction of sp³-hybridized carbons (Fsp3) is 0.333. The lowest BCUT2D eigenvalue weighted by Crippen LogP contribution is -2.10. The Bertz CT molecular complexity index is 596. The predicted molar refractivity (Wildman–Crippen MR) is 87.4 cm³/mol. The number of anilines is 1. The SMILES string of the molecule is CCC(Nc1cccc(C)c1)c1ccc(OC)c(OC)c1. The van der Waals surface area contributed by atoms with Gasteiger partial charge in [-0.05, 0) is 48.7 Å². The highest BCUT2D eigenvalue weighted by molar-refractivity contribution is 5.50. The largest absolute Gasteiger partial charge is 0.493 e. The summed E-state index contributed by atoms with van der Waals surface area (Å²) in [6.07, 6.45) is 0.990. The summed E-state index contributed by atoms with van der Waals surface area (Å²) in [5.41, 5.74) is 3.58. The van der Waals surface area contributed by atoms with Gasteiger partial charge in [-0.15, -0.1) is 0 Å². The predicted octanol–water partition coefficient (Wildman–Crippen LogP) is 4.58. The molecule has 21 heavy (non-hydrogen) atoms. The van der Waals surface area contributed by atoms with Crippen LogP contribution in [-0.4, -0.2) is 14.2 Å². The summed E-state index contributed by atoms with van der Waals surface area (Å²) in [5, 5.41) is 3.58. The van der Waals surface area contributed by atoms with Gasteiger partial charge >= 0.3 is 0 Å². The number of rotatable bonds is 6. The molecule has 0 saturated heterocycles. The van der Waals surface area contributed by atoms with E-state index in [1.807, 2.05) is 12.1 Å². The highest BCUT2D eigenvalue weighted by atomic mass is 16.5. The lowest BCUT2D eigenvalue weighted by atomic mass is 10.0. The van der Waals surface area contributed by atoms with E-state index in [9.17, 15) is 0 Å². The van der Waals surface area contributed by atoms with Crippen molar-refractivity contribution in [3.8, 4) is 11.5 Å². The first-order valence-corrected chi connectivity index (χ1v) is 7.23. The molecule has 0 aliphatic rings. The number of aryl methyl sites for hydroxylation is 1. The van der Waals surface area contributed by atoms with Crippen molar-refractivity contribution < 1.29 is 9.47 Å². The van der Waals surface area contributed by atoms with Gasteiger partial charge in [-0.25, -0.2) is 0 Å². The molecule has 0 saturated carbocycles. The molecule has 0 aliphatic heterocycles. The van der Waals surface area contributed by atoms with Crippen LogP contribution in [0, 0.1) is 6.92 Å². The molecule has 0 amide bonds. The Labute approximate surface area is 126 Å². The standard InChI is InChI=1S/C18H23NO2/c1-5-16(19-15-8-6-7-13(2)11-15)14-9-10-17(20-3)18(12-14)21-4/h6-12,16,19H,5H2,1-4H3. The van der Waals surface area contributed by atoms with Gasteiger partial charge < -0.3 is 14.8 Å². The highest BCUT2D eigenvalue weighted by Crippen LogP contribution is 2.32. The molecule has 0 aromatic heterocycles. The Hall–Kier alpha value is -2.16. The van der Waals surface area contributed by atoms with Gasteiger partial charge in [0.2, 0.25) is 0 Å². The van der Waals surface area contributed by atoms with Gasteiger partial charge in [-0.1, -0.05) is 25.1 Å². The minimum atomic E-state index is 0.242. The number of benzene rings is 2. The van der Waals surface area contributed by atoms with E-state index in [1.165, 1.54) is 11.1 Å². The van der Waals surface area contributed by atoms with Crippen molar-refractivity contribution in [3.63, 3.8) is 0 Å². The lowest BCUT2D eigenvalue weighted by Gasteiger charge is -2.20. The zero-order valence-electron chi connectivity index (χ0n) is 13.1. The molecule has 0 spiro atoms. The molecule has 3 heteroatoms. The maximum absolute atomic E-state index is 5.39. The molecule has 1 N–H and O–H groups in total. The summed E-state index contributed by atoms with van der Waals surface area (Å²) in [6, 6.07) is 14.7. The van der Waals surface area contributed by atoms with E-state index in [1.54, 1.807) is 14.2 Å². The molecule has 0 radical (unpaired) electrons. The van der Waals surface area contributed by atoms with Crippen molar-refractivity contribution in [1.82, 2.24) is 0 Å². The second-order valence-corrected chi connectivity index (χ2v) is 5.09. The molecular formula is C18H23NO2. The van der Waals surface area contributed by atoms with E-state index in [2.05, 4.69) is 49.5 Å². The van der Waals surface area contributed by atoms with Crippen molar-refractivity contribution in [2.45, 2.75) is 26.3 Å². The molecular weight excluding hydrogens is 262 g/mol. The fourth-order valence-electron chi connectivity index (χ4n) is 2.43. The van der Waals surface area contributed by atoms with Crippen LogP contribution in [0.25, 0.3) is 0 Å². The quantitative estimate of drug-likeness (QED) is 0.843. The maximum atomic E-state index is 5.39. The first kappa shape index (κ1) is 15.2. The normalized spacial score (nSPS) is 11.8. The summed E-state index contributed by atoms with van der Waals surface area (Å²) >= 11 is 0. The first-order valence-electron chi connectivity index (χ1n) is 7.23. The molecule has 2 aromatic rings. The second-order valence-electron chi connectivity index (χ2n) is 5.09. The third-order valence-electron chi connectivity index (χ3n) is 3.58. The van der Waals surface area contributed by atoms with Gasteiger partial charge in [-0.3, -0.25) is 0 Å². The van der Waals surface area contributed by atoms with Gasteiger partial charge in [0, 0.05) is 5.69 Å². The van der Waals surface area contributed by atoms with Crippen LogP contribution in [0.2, 0.25) is 0 Å². The van der Waals surface area contributed by atoms with E-state index in [4.69, 9.17) is 9.47 Å². The summed E-state index contributed by atoms with van der Waals surface area (Å²) in [4.78, 5) is 0. The summed E-state index contributed by atoms with van der Waals surface area (Å²) in [7, 11) is 3.32. The number of hydrogen-bond acceptors (Lipinski definition) is 3. The second kappa shape index (κ2) is 7.02. The molecule has 3 nitrogen and oxygen atoms in total. The summed E-state index contributed by atoms with van der Waals surface area (Å²) in [5.74, 6) is 1.52. The van der Waals surface area contributed by atoms with Crippen LogP contribution < -0.4 is 14.8 Å². The molecule has 0 fully saturated rings. The molecule has 112 valence electrons. The minimum Gasteiger partial charge on any atom is -0.493 e. The van der Waals surface area contributed by atoms with Gasteiger partial charge in [0.15, 0.2) is 11.5 Å². The first-order chi connectivity index (χ1) is 10.2. The maximum Gasteiger partial charge on any atom is 0.161 e. The van der Waals surface area contributed by atoms with Crippen molar-refractivity contribution >= 4 is 5.69 Å². The Morgan fingerprint density at radius 1 is 1.00 bits per heavy atom. The van der Waals surface area contributed by atoms with Crippen molar-refractivity contribution in [2.24, 2.45) is 0 Å². The number of ether oxygens (including phenoxy) is 2. The highest BCUT2D eigenvalue weighted by Gasteiger charge is 2.12. The van der Waals surface area contributed by atoms with Crippen LogP contribution in [0.15, 0.2) is 42.5 Å². The third-order valence-corrected chi connectivity index (χ3v) is 3.58. The monoisotopic (exact) mass is 285 g/mol. The number of methoxy groups -OCH3 is 2. The summed E-state index contributed by atoms with van der Waals surface area (Å²) in [6.45, 7) is 4.27. The summed E-state index contributed by atoms with van der Waals surface area (Å²) < 4.78 is 10.7. The van der Waals surface area contributed by atoms with Crippen LogP contribution in [-0.2, 0) is 0 Å². The van der Waals surface area contributed by atoms with Crippen LogP contribution >= 0.6 is 0 Å². The van der Waals surface area contributed by atoms with E-state index in [-0.39, 0.29) is 6.04 Å². The van der Waals surface area contributed by atoms with Gasteiger partial charge in [-0.2, -0.15) is 0 Å². The van der Waals surface area contributed by atoms with Crippen LogP contribution in [0.4, 0.5) is 5.69 Å². The van der Waals surface area contributed by atoms with Gasteiger partial charge in [0.1, 0.15) is 0 Å². The van der Waals surface area contributed by atoms with Crippen LogP contribution in [0.5, 0.6) is 11.5 Å². The molecule has 1 unspecified atom stereocenters. The third kappa shape index (κ3) is 3.69. The topological polar surface area (TPSA) is 30.5 Å². The van der Waals surface area contributed by atoms with Gasteiger partial charge in [0.05, 0.1) is 20.3 Å². The number of nitrogens with one attached hydrogen (secondary N) is 1. The van der Waals surface area contributed by atoms with E-state index in [0.717, 1.165) is 23.6 Å². The van der Waals surface area contributed by atoms with Crippen molar-refractivity contribution in [3.05, 3.63) is 53.6 Å². The van der Waals surface area contributed by atoms with Gasteiger partial charge in [0.25, 0.3) is 0 Å². The van der Waals surface area contributed by atoms with E-state index in [0.29, 0.717) is 0 Å². The fourth-order valence-corrected chi connectivity index (χ4v) is 2.43. The molecule has 1 atom stereocenters. The smallest absolute Gasteiger partial charge is 0.161 e. The lowest BCUT2D eigenvalue weighted by molar-refractivity contribution is 0.354. The molecule has 0 heterocycles. The minimum absolute atomic E-state index is 0.242. The van der Waals surface area contributed by atoms with Crippen molar-refractivity contribution in [1.29, 1.82) is 0 Å². The van der Waals surface area contributed by atoms with Crippen LogP contribution in [0.3, 0.4) is 0 Å². The Balaban J connectivity index is 2.25. The Morgan fingerprint density at radius 2 is 1.76 bits per heavy atom. The molecule has 2 aromatic carbocycles. The Kier molecular flexibility index (Phi) is 5.09. The number of hydrogen-bond donors (Lipinski definition) is 1. The van der Waals surface area contributed by atoms with E-state index >= 15 is 0 Å². The van der Waals surface area contributed by atoms with Crippen molar-refractivity contribution in [2.75, 3.05) is 19.5 Å². The van der Waals surface area contributed by atoms with Crippen LogP contribution in [0.1, 0.15) is 30.5 Å². The zero-order valence-corrected chi connectivity index (χ0v) is 13.1. The molecule has 0 aliphatic carbocycles. The average molecular weight is 285 g/mol. The average Bonchev–Trinajstić information content (AvgIpc) is 2.52. The molecule has 2 rings (SSSR count). The Morgan fingerprint density at radius 3 is 2.38 bits per heavy atom.